The van der Waals surface area contributed by atoms with E-state index < -0.39 is 0 Å². The first kappa shape index (κ1) is 12.6. The van der Waals surface area contributed by atoms with Gasteiger partial charge in [0, 0.05) is 26.7 Å². The van der Waals surface area contributed by atoms with Crippen molar-refractivity contribution in [3.8, 4) is 6.07 Å². The Labute approximate surface area is 107 Å². The number of fused-ring (bicyclic) bond motifs is 1. The molecule has 0 unspecified atom stereocenters. The van der Waals surface area contributed by atoms with E-state index in [-0.39, 0.29) is 0 Å². The van der Waals surface area contributed by atoms with E-state index in [1.54, 1.807) is 7.11 Å². The molecule has 4 heteroatoms. The number of ether oxygens (including phenoxy) is 1. The van der Waals surface area contributed by atoms with Crippen molar-refractivity contribution in [2.24, 2.45) is 0 Å². The van der Waals surface area contributed by atoms with Gasteiger partial charge in [-0.3, -0.25) is 0 Å². The lowest BCUT2D eigenvalue weighted by Crippen LogP contribution is -2.03. The van der Waals surface area contributed by atoms with Crippen molar-refractivity contribution in [3.63, 3.8) is 0 Å². The highest BCUT2D eigenvalue weighted by molar-refractivity contribution is 5.77. The van der Waals surface area contributed by atoms with E-state index in [9.17, 15) is 0 Å². The summed E-state index contributed by atoms with van der Waals surface area (Å²) in [5.41, 5.74) is 2.67. The summed E-state index contributed by atoms with van der Waals surface area (Å²) >= 11 is 0. The Morgan fingerprint density at radius 3 is 2.94 bits per heavy atom. The van der Waals surface area contributed by atoms with Crippen LogP contribution >= 0.6 is 0 Å². The lowest BCUT2D eigenvalue weighted by atomic mass is 10.2. The monoisotopic (exact) mass is 243 g/mol. The van der Waals surface area contributed by atoms with Gasteiger partial charge in [-0.1, -0.05) is 0 Å². The minimum atomic E-state index is 0.659. The van der Waals surface area contributed by atoms with Crippen molar-refractivity contribution >= 4 is 11.0 Å². The van der Waals surface area contributed by atoms with Gasteiger partial charge in [-0.15, -0.1) is 0 Å². The molecule has 2 rings (SSSR count). The van der Waals surface area contributed by atoms with E-state index >= 15 is 0 Å². The van der Waals surface area contributed by atoms with Gasteiger partial charge in [0.15, 0.2) is 0 Å². The topological polar surface area (TPSA) is 50.8 Å². The molecule has 0 spiro atoms. The second-order valence-electron chi connectivity index (χ2n) is 4.18. The van der Waals surface area contributed by atoms with Gasteiger partial charge in [0.05, 0.1) is 22.7 Å². The van der Waals surface area contributed by atoms with Crippen molar-refractivity contribution in [2.75, 3.05) is 13.7 Å². The molecule has 94 valence electrons. The lowest BCUT2D eigenvalue weighted by Gasteiger charge is -2.05. The van der Waals surface area contributed by atoms with Gasteiger partial charge in [0.2, 0.25) is 0 Å². The summed E-state index contributed by atoms with van der Waals surface area (Å²) in [6.07, 6.45) is 1.86. The highest BCUT2D eigenvalue weighted by Crippen LogP contribution is 2.18. The summed E-state index contributed by atoms with van der Waals surface area (Å²) in [5.74, 6) is 1.07. The molecular weight excluding hydrogens is 226 g/mol. The zero-order chi connectivity index (χ0) is 13.0. The Balaban J connectivity index is 2.37. The second kappa shape index (κ2) is 5.65. The predicted octanol–water partition coefficient (Wildman–Crippen LogP) is 2.51. The summed E-state index contributed by atoms with van der Waals surface area (Å²) < 4.78 is 7.27. The summed E-state index contributed by atoms with van der Waals surface area (Å²) in [7, 11) is 1.71. The second-order valence-corrected chi connectivity index (χ2v) is 4.18. The predicted molar refractivity (Wildman–Crippen MR) is 70.3 cm³/mol. The van der Waals surface area contributed by atoms with E-state index in [0.29, 0.717) is 5.56 Å². The Hall–Kier alpha value is -1.86. The molecule has 1 heterocycles. The smallest absolute Gasteiger partial charge is 0.109 e. The van der Waals surface area contributed by atoms with E-state index in [2.05, 4.69) is 22.5 Å². The summed E-state index contributed by atoms with van der Waals surface area (Å²) in [4.78, 5) is 4.62. The van der Waals surface area contributed by atoms with Gasteiger partial charge in [-0.25, -0.2) is 4.98 Å². The number of hydrogen-bond donors (Lipinski definition) is 0. The molecule has 1 aromatic carbocycles. The normalized spacial score (nSPS) is 10.7. The van der Waals surface area contributed by atoms with E-state index in [1.165, 1.54) is 0 Å². The van der Waals surface area contributed by atoms with Crippen LogP contribution in [0.2, 0.25) is 0 Å². The van der Waals surface area contributed by atoms with Crippen LogP contribution in [0.1, 0.15) is 24.7 Å². The van der Waals surface area contributed by atoms with Gasteiger partial charge < -0.3 is 9.30 Å². The first-order chi connectivity index (χ1) is 8.80. The number of aryl methyl sites for hydroxylation is 2. The Morgan fingerprint density at radius 1 is 1.44 bits per heavy atom. The quantitative estimate of drug-likeness (QED) is 0.758. The third kappa shape index (κ3) is 2.36. The van der Waals surface area contributed by atoms with Crippen molar-refractivity contribution in [3.05, 3.63) is 29.6 Å². The molecule has 0 bridgehead atoms. The van der Waals surface area contributed by atoms with Gasteiger partial charge in [0.1, 0.15) is 5.82 Å². The molecule has 0 saturated heterocycles. The van der Waals surface area contributed by atoms with Crippen LogP contribution in [0.5, 0.6) is 0 Å². The third-order valence-corrected chi connectivity index (χ3v) is 3.02. The van der Waals surface area contributed by atoms with Crippen molar-refractivity contribution in [1.29, 1.82) is 5.26 Å². The number of hydrogen-bond acceptors (Lipinski definition) is 3. The molecule has 0 radical (unpaired) electrons. The summed E-state index contributed by atoms with van der Waals surface area (Å²) in [6.45, 7) is 3.75. The van der Waals surface area contributed by atoms with Crippen LogP contribution in [0.25, 0.3) is 11.0 Å². The number of nitriles is 1. The molecule has 0 fully saturated rings. The molecule has 18 heavy (non-hydrogen) atoms. The van der Waals surface area contributed by atoms with E-state index in [4.69, 9.17) is 10.00 Å². The van der Waals surface area contributed by atoms with Crippen LogP contribution < -0.4 is 0 Å². The number of aromatic nitrogens is 2. The Morgan fingerprint density at radius 2 is 2.28 bits per heavy atom. The largest absolute Gasteiger partial charge is 0.385 e. The average Bonchev–Trinajstić information content (AvgIpc) is 2.75. The van der Waals surface area contributed by atoms with Crippen LogP contribution in [-0.4, -0.2) is 23.3 Å². The fourth-order valence-corrected chi connectivity index (χ4v) is 2.17. The number of methoxy groups -OCH3 is 1. The Bertz CT molecular complexity index is 580. The number of rotatable bonds is 5. The van der Waals surface area contributed by atoms with Gasteiger partial charge in [-0.2, -0.15) is 5.26 Å². The fourth-order valence-electron chi connectivity index (χ4n) is 2.17. The fraction of sp³-hybridized carbons (Fsp3) is 0.429. The van der Waals surface area contributed by atoms with Crippen LogP contribution in [0.3, 0.4) is 0 Å². The zero-order valence-corrected chi connectivity index (χ0v) is 10.8. The maximum absolute atomic E-state index is 8.90. The zero-order valence-electron chi connectivity index (χ0n) is 10.8. The van der Waals surface area contributed by atoms with Crippen molar-refractivity contribution in [1.82, 2.24) is 9.55 Å². The molecular formula is C14H17N3O. The van der Waals surface area contributed by atoms with Crippen LogP contribution in [0.15, 0.2) is 18.2 Å². The third-order valence-electron chi connectivity index (χ3n) is 3.02. The van der Waals surface area contributed by atoms with Gasteiger partial charge in [-0.05, 0) is 31.5 Å². The van der Waals surface area contributed by atoms with Crippen LogP contribution in [-0.2, 0) is 17.7 Å². The minimum absolute atomic E-state index is 0.659. The SMILES string of the molecule is CCn1c(CCCOC)nc2cc(C#N)ccc21. The molecule has 4 nitrogen and oxygen atoms in total. The molecule has 0 N–H and O–H groups in total. The number of nitrogens with zero attached hydrogens (tertiary/aromatic N) is 3. The van der Waals surface area contributed by atoms with Crippen LogP contribution in [0.4, 0.5) is 0 Å². The summed E-state index contributed by atoms with van der Waals surface area (Å²) in [6, 6.07) is 7.82. The molecule has 1 aromatic heterocycles. The molecule has 0 aliphatic rings. The molecule has 0 aliphatic carbocycles. The maximum atomic E-state index is 8.90. The summed E-state index contributed by atoms with van der Waals surface area (Å²) in [5, 5.41) is 8.90. The molecule has 0 amide bonds. The minimum Gasteiger partial charge on any atom is -0.385 e. The van der Waals surface area contributed by atoms with Gasteiger partial charge >= 0.3 is 0 Å². The number of imidazole rings is 1. The van der Waals surface area contributed by atoms with E-state index in [0.717, 1.165) is 42.9 Å². The average molecular weight is 243 g/mol. The highest BCUT2D eigenvalue weighted by Gasteiger charge is 2.09. The first-order valence-corrected chi connectivity index (χ1v) is 6.18. The van der Waals surface area contributed by atoms with Crippen molar-refractivity contribution < 1.29 is 4.74 Å². The first-order valence-electron chi connectivity index (χ1n) is 6.18. The van der Waals surface area contributed by atoms with Gasteiger partial charge in [0.25, 0.3) is 0 Å². The lowest BCUT2D eigenvalue weighted by molar-refractivity contribution is 0.194. The molecule has 2 aromatic rings. The molecule has 0 aliphatic heterocycles. The van der Waals surface area contributed by atoms with Crippen molar-refractivity contribution in [2.45, 2.75) is 26.3 Å². The Kier molecular flexibility index (Phi) is 3.96. The number of benzene rings is 1. The standard InChI is InChI=1S/C14H17N3O/c1-3-17-13-7-6-11(10-15)9-12(13)16-14(17)5-4-8-18-2/h6-7,9H,3-5,8H2,1-2H3. The highest BCUT2D eigenvalue weighted by atomic mass is 16.5. The molecule has 0 atom stereocenters. The maximum Gasteiger partial charge on any atom is 0.109 e. The van der Waals surface area contributed by atoms with E-state index in [1.807, 2.05) is 18.2 Å². The van der Waals surface area contributed by atoms with Crippen LogP contribution in [0, 0.1) is 11.3 Å². The molecule has 0 saturated carbocycles.